The normalized spacial score (nSPS) is 19.2. The lowest BCUT2D eigenvalue weighted by molar-refractivity contribution is -0.276. The van der Waals surface area contributed by atoms with Gasteiger partial charge in [0.25, 0.3) is 0 Å². The molecule has 1 fully saturated rings. The number of carbonyl (C=O) groups is 1. The number of aliphatic hydroxyl groups excluding tert-OH is 1. The first kappa shape index (κ1) is 39.8. The number of hydrogen-bond donors (Lipinski definition) is 2. The Balaban J connectivity index is 1.55. The van der Waals surface area contributed by atoms with Crippen LogP contribution in [0.25, 0.3) is 11.1 Å². The van der Waals surface area contributed by atoms with Gasteiger partial charge < -0.3 is 24.8 Å². The second-order valence-corrected chi connectivity index (χ2v) is 14.4. The van der Waals surface area contributed by atoms with Crippen molar-refractivity contribution in [2.75, 3.05) is 19.6 Å². The molecular formula is C44H64N2O4. The molecule has 2 N–H and O–H groups in total. The average Bonchev–Trinajstić information content (AvgIpc) is 3.14. The van der Waals surface area contributed by atoms with E-state index in [9.17, 15) is 9.90 Å². The minimum absolute atomic E-state index is 0.00101. The van der Waals surface area contributed by atoms with E-state index in [0.29, 0.717) is 6.54 Å². The van der Waals surface area contributed by atoms with E-state index in [0.717, 1.165) is 53.0 Å². The third kappa shape index (κ3) is 12.9. The number of ether oxygens (including phenoxy) is 2. The molecule has 1 aliphatic heterocycles. The predicted octanol–water partition coefficient (Wildman–Crippen LogP) is 10.3. The SMILES string of the molecule is CCCCCCCCN(CCCCCCCC)C[C@H]1O[C@@H](c2cccc(-c3cccc(CNC(C)=O)c3)c2)O[C@@H](c2ccc(CO)cc2)[C@H]1C. The van der Waals surface area contributed by atoms with Gasteiger partial charge in [-0.15, -0.1) is 0 Å². The molecule has 1 heterocycles. The quantitative estimate of drug-likeness (QED) is 0.103. The molecule has 3 aromatic carbocycles. The Hall–Kier alpha value is -3.03. The molecule has 4 atom stereocenters. The molecule has 0 radical (unpaired) electrons. The van der Waals surface area contributed by atoms with Gasteiger partial charge in [-0.1, -0.05) is 146 Å². The Labute approximate surface area is 303 Å². The van der Waals surface area contributed by atoms with Crippen LogP contribution >= 0.6 is 0 Å². The van der Waals surface area contributed by atoms with E-state index >= 15 is 0 Å². The molecule has 6 heteroatoms. The van der Waals surface area contributed by atoms with E-state index in [1.807, 2.05) is 24.3 Å². The zero-order chi connectivity index (χ0) is 35.6. The van der Waals surface area contributed by atoms with Crippen molar-refractivity contribution in [3.8, 4) is 11.1 Å². The highest BCUT2D eigenvalue weighted by molar-refractivity contribution is 5.73. The lowest BCUT2D eigenvalue weighted by Gasteiger charge is -2.43. The largest absolute Gasteiger partial charge is 0.392 e. The van der Waals surface area contributed by atoms with E-state index in [1.165, 1.54) is 77.0 Å². The van der Waals surface area contributed by atoms with Gasteiger partial charge in [-0.25, -0.2) is 0 Å². The fourth-order valence-corrected chi connectivity index (χ4v) is 7.06. The zero-order valence-electron chi connectivity index (χ0n) is 31.4. The maximum atomic E-state index is 11.5. The first-order valence-electron chi connectivity index (χ1n) is 19.6. The van der Waals surface area contributed by atoms with Crippen LogP contribution in [0.3, 0.4) is 0 Å². The van der Waals surface area contributed by atoms with Crippen molar-refractivity contribution < 1.29 is 19.4 Å². The molecule has 1 saturated heterocycles. The van der Waals surface area contributed by atoms with Gasteiger partial charge in [0, 0.05) is 31.5 Å². The summed E-state index contributed by atoms with van der Waals surface area (Å²) in [5.74, 6) is 0.113. The fraction of sp³-hybridized carbons (Fsp3) is 0.568. The minimum atomic E-state index is -0.508. The van der Waals surface area contributed by atoms with Crippen molar-refractivity contribution in [2.45, 2.75) is 136 Å². The van der Waals surface area contributed by atoms with Crippen LogP contribution in [0.5, 0.6) is 0 Å². The standard InChI is InChI=1S/C44H64N2O4/c1-5-7-9-11-13-15-27-46(28-16-14-12-10-8-6-2)32-42-34(3)43(38-25-23-36(33-47)24-26-38)50-44(49-42)41-22-18-21-40(30-41)39-20-17-19-37(29-39)31-45-35(4)48/h17-26,29-30,34,42-44,47H,5-16,27-28,31-33H2,1-4H3,(H,45,48)/t34-,42+,43+,44+/m0/s1. The van der Waals surface area contributed by atoms with Crippen LogP contribution < -0.4 is 5.32 Å². The van der Waals surface area contributed by atoms with E-state index in [-0.39, 0.29) is 30.6 Å². The lowest BCUT2D eigenvalue weighted by Crippen LogP contribution is -2.45. The highest BCUT2D eigenvalue weighted by atomic mass is 16.7. The summed E-state index contributed by atoms with van der Waals surface area (Å²) in [6, 6.07) is 25.0. The summed E-state index contributed by atoms with van der Waals surface area (Å²) in [5, 5.41) is 12.6. The van der Waals surface area contributed by atoms with Gasteiger partial charge in [0.05, 0.1) is 18.8 Å². The van der Waals surface area contributed by atoms with Crippen LogP contribution in [0.1, 0.15) is 139 Å². The average molecular weight is 685 g/mol. The Bertz CT molecular complexity index is 1380. The molecular weight excluding hydrogens is 620 g/mol. The molecule has 3 aromatic rings. The van der Waals surface area contributed by atoms with Crippen molar-refractivity contribution in [3.05, 3.63) is 95.1 Å². The molecule has 0 spiro atoms. The van der Waals surface area contributed by atoms with Crippen molar-refractivity contribution in [1.29, 1.82) is 0 Å². The second-order valence-electron chi connectivity index (χ2n) is 14.4. The van der Waals surface area contributed by atoms with Crippen molar-refractivity contribution in [1.82, 2.24) is 10.2 Å². The van der Waals surface area contributed by atoms with Gasteiger partial charge in [0.2, 0.25) is 5.91 Å². The molecule has 6 nitrogen and oxygen atoms in total. The number of unbranched alkanes of at least 4 members (excludes halogenated alkanes) is 10. The maximum Gasteiger partial charge on any atom is 0.217 e. The number of carbonyl (C=O) groups excluding carboxylic acids is 1. The summed E-state index contributed by atoms with van der Waals surface area (Å²) in [7, 11) is 0. The highest BCUT2D eigenvalue weighted by Gasteiger charge is 2.39. The molecule has 274 valence electrons. The summed E-state index contributed by atoms with van der Waals surface area (Å²) in [4.78, 5) is 14.2. The number of hydrogen-bond acceptors (Lipinski definition) is 5. The van der Waals surface area contributed by atoms with Crippen LogP contribution in [-0.4, -0.2) is 41.7 Å². The molecule has 1 aliphatic rings. The maximum absolute atomic E-state index is 11.5. The third-order valence-corrected chi connectivity index (χ3v) is 10.2. The minimum Gasteiger partial charge on any atom is -0.392 e. The molecule has 4 rings (SSSR count). The van der Waals surface area contributed by atoms with Gasteiger partial charge in [-0.2, -0.15) is 0 Å². The predicted molar refractivity (Wildman–Crippen MR) is 206 cm³/mol. The Morgan fingerprint density at radius 1 is 0.720 bits per heavy atom. The van der Waals surface area contributed by atoms with Crippen molar-refractivity contribution in [2.24, 2.45) is 5.92 Å². The molecule has 1 amide bonds. The first-order chi connectivity index (χ1) is 24.4. The molecule has 50 heavy (non-hydrogen) atoms. The Kier molecular flexibility index (Phi) is 17.5. The molecule has 0 unspecified atom stereocenters. The van der Waals surface area contributed by atoms with Gasteiger partial charge in [0.1, 0.15) is 0 Å². The number of aliphatic hydroxyl groups is 1. The number of benzene rings is 3. The Morgan fingerprint density at radius 2 is 1.32 bits per heavy atom. The lowest BCUT2D eigenvalue weighted by atomic mass is 9.89. The summed E-state index contributed by atoms with van der Waals surface area (Å²) < 4.78 is 13.8. The smallest absolute Gasteiger partial charge is 0.217 e. The molecule has 0 aromatic heterocycles. The summed E-state index contributed by atoms with van der Waals surface area (Å²) >= 11 is 0. The number of rotatable bonds is 22. The third-order valence-electron chi connectivity index (χ3n) is 10.2. The van der Waals surface area contributed by atoms with Crippen LogP contribution in [0.15, 0.2) is 72.8 Å². The topological polar surface area (TPSA) is 71.0 Å². The number of amides is 1. The zero-order valence-corrected chi connectivity index (χ0v) is 31.4. The van der Waals surface area contributed by atoms with Crippen LogP contribution in [0.2, 0.25) is 0 Å². The van der Waals surface area contributed by atoms with Crippen LogP contribution in [0, 0.1) is 5.92 Å². The summed E-state index contributed by atoms with van der Waals surface area (Å²) in [6.07, 6.45) is 14.9. The summed E-state index contributed by atoms with van der Waals surface area (Å²) in [5.41, 5.74) is 6.26. The van der Waals surface area contributed by atoms with E-state index in [2.05, 4.69) is 79.5 Å². The van der Waals surface area contributed by atoms with E-state index < -0.39 is 6.29 Å². The van der Waals surface area contributed by atoms with Crippen molar-refractivity contribution in [3.63, 3.8) is 0 Å². The van der Waals surface area contributed by atoms with Crippen LogP contribution in [0.4, 0.5) is 0 Å². The van der Waals surface area contributed by atoms with Gasteiger partial charge in [0.15, 0.2) is 6.29 Å². The number of nitrogens with zero attached hydrogens (tertiary/aromatic N) is 1. The first-order valence-corrected chi connectivity index (χ1v) is 19.6. The second kappa shape index (κ2) is 22.0. The van der Waals surface area contributed by atoms with E-state index in [1.54, 1.807) is 6.92 Å². The molecule has 0 aliphatic carbocycles. The van der Waals surface area contributed by atoms with Gasteiger partial charge in [-0.05, 0) is 65.9 Å². The molecule has 0 saturated carbocycles. The monoisotopic (exact) mass is 684 g/mol. The summed E-state index contributed by atoms with van der Waals surface area (Å²) in [6.45, 7) is 12.0. The van der Waals surface area contributed by atoms with Crippen LogP contribution in [-0.2, 0) is 27.4 Å². The number of nitrogens with one attached hydrogen (secondary N) is 1. The van der Waals surface area contributed by atoms with Gasteiger partial charge >= 0.3 is 0 Å². The fourth-order valence-electron chi connectivity index (χ4n) is 7.06. The van der Waals surface area contributed by atoms with E-state index in [4.69, 9.17) is 9.47 Å². The Morgan fingerprint density at radius 3 is 1.94 bits per heavy atom. The van der Waals surface area contributed by atoms with Gasteiger partial charge in [-0.3, -0.25) is 4.79 Å². The molecule has 0 bridgehead atoms. The highest BCUT2D eigenvalue weighted by Crippen LogP contribution is 2.42. The van der Waals surface area contributed by atoms with Crippen molar-refractivity contribution >= 4 is 5.91 Å².